The first-order valence-electron chi connectivity index (χ1n) is 8.68. The SMILES string of the molecule is COc1cc2ncn(CCCC(=O)N3CC[C@@H](N)C3)c(=O)c2cc1OC.Cl. The molecule has 0 unspecified atom stereocenters. The second-order valence-electron chi connectivity index (χ2n) is 6.46. The predicted octanol–water partition coefficient (Wildman–Crippen LogP) is 1.18. The highest BCUT2D eigenvalue weighted by Crippen LogP contribution is 2.29. The number of carbonyl (C=O) groups is 1. The predicted molar refractivity (Wildman–Crippen MR) is 105 cm³/mol. The van der Waals surface area contributed by atoms with Crippen LogP contribution < -0.4 is 20.8 Å². The van der Waals surface area contributed by atoms with Crippen LogP contribution in [0.2, 0.25) is 0 Å². The lowest BCUT2D eigenvalue weighted by Gasteiger charge is -2.15. The Kier molecular flexibility index (Phi) is 7.04. The molecule has 1 fully saturated rings. The van der Waals surface area contributed by atoms with Gasteiger partial charge in [0, 0.05) is 38.2 Å². The highest BCUT2D eigenvalue weighted by Gasteiger charge is 2.23. The molecule has 1 saturated heterocycles. The molecule has 2 N–H and O–H groups in total. The molecule has 3 rings (SSSR count). The van der Waals surface area contributed by atoms with Crippen molar-refractivity contribution >= 4 is 29.2 Å². The lowest BCUT2D eigenvalue weighted by atomic mass is 10.2. The molecule has 1 amide bonds. The van der Waals surface area contributed by atoms with Crippen molar-refractivity contribution in [2.24, 2.45) is 5.73 Å². The normalized spacial score (nSPS) is 16.3. The topological polar surface area (TPSA) is 99.7 Å². The van der Waals surface area contributed by atoms with Crippen LogP contribution in [0.15, 0.2) is 23.3 Å². The molecule has 27 heavy (non-hydrogen) atoms. The van der Waals surface area contributed by atoms with Crippen LogP contribution in [0.5, 0.6) is 11.5 Å². The summed E-state index contributed by atoms with van der Waals surface area (Å²) in [5.74, 6) is 1.10. The summed E-state index contributed by atoms with van der Waals surface area (Å²) >= 11 is 0. The number of hydrogen-bond acceptors (Lipinski definition) is 6. The van der Waals surface area contributed by atoms with Gasteiger partial charge in [-0.05, 0) is 18.9 Å². The molecule has 0 radical (unpaired) electrons. The van der Waals surface area contributed by atoms with Gasteiger partial charge in [0.05, 0.1) is 31.4 Å². The lowest BCUT2D eigenvalue weighted by molar-refractivity contribution is -0.130. The van der Waals surface area contributed by atoms with Crippen LogP contribution in [0.4, 0.5) is 0 Å². The molecule has 0 saturated carbocycles. The van der Waals surface area contributed by atoms with E-state index in [0.717, 1.165) is 13.0 Å². The Labute approximate surface area is 163 Å². The Balaban J connectivity index is 0.00000261. The van der Waals surface area contributed by atoms with E-state index >= 15 is 0 Å². The van der Waals surface area contributed by atoms with Crippen molar-refractivity contribution in [2.75, 3.05) is 27.3 Å². The largest absolute Gasteiger partial charge is 0.493 e. The average Bonchev–Trinajstić information content (AvgIpc) is 3.09. The van der Waals surface area contributed by atoms with Crippen LogP contribution in [0.1, 0.15) is 19.3 Å². The number of fused-ring (bicyclic) bond motifs is 1. The molecule has 148 valence electrons. The smallest absolute Gasteiger partial charge is 0.261 e. The van der Waals surface area contributed by atoms with Gasteiger partial charge in [0.1, 0.15) is 0 Å². The molecule has 1 aromatic carbocycles. The van der Waals surface area contributed by atoms with Gasteiger partial charge in [-0.15, -0.1) is 12.4 Å². The molecule has 0 bridgehead atoms. The minimum atomic E-state index is -0.161. The number of hydrogen-bond donors (Lipinski definition) is 1. The first-order chi connectivity index (χ1) is 12.5. The quantitative estimate of drug-likeness (QED) is 0.786. The number of benzene rings is 1. The zero-order valence-electron chi connectivity index (χ0n) is 15.5. The van der Waals surface area contributed by atoms with E-state index in [9.17, 15) is 9.59 Å². The van der Waals surface area contributed by atoms with Crippen LogP contribution in [-0.4, -0.2) is 53.7 Å². The summed E-state index contributed by atoms with van der Waals surface area (Å²) in [7, 11) is 3.06. The number of amides is 1. The third kappa shape index (κ3) is 4.51. The van der Waals surface area contributed by atoms with Gasteiger partial charge in [0.25, 0.3) is 5.56 Å². The van der Waals surface area contributed by atoms with E-state index in [1.165, 1.54) is 25.1 Å². The van der Waals surface area contributed by atoms with E-state index < -0.39 is 0 Å². The van der Waals surface area contributed by atoms with Crippen molar-refractivity contribution in [2.45, 2.75) is 31.8 Å². The Bertz CT molecular complexity index is 870. The summed E-state index contributed by atoms with van der Waals surface area (Å²) in [5, 5.41) is 0.460. The molecule has 1 aliphatic heterocycles. The zero-order chi connectivity index (χ0) is 18.7. The highest BCUT2D eigenvalue weighted by atomic mass is 35.5. The van der Waals surface area contributed by atoms with Crippen LogP contribution in [0, 0.1) is 0 Å². The minimum absolute atomic E-state index is 0. The highest BCUT2D eigenvalue weighted by molar-refractivity contribution is 5.85. The molecule has 1 aromatic heterocycles. The summed E-state index contributed by atoms with van der Waals surface area (Å²) < 4.78 is 12.0. The van der Waals surface area contributed by atoms with Gasteiger partial charge in [0.15, 0.2) is 11.5 Å². The summed E-state index contributed by atoms with van der Waals surface area (Å²) in [5.41, 5.74) is 6.22. The number of likely N-dealkylation sites (tertiary alicyclic amines) is 1. The molecule has 0 spiro atoms. The third-order valence-electron chi connectivity index (χ3n) is 4.70. The van der Waals surface area contributed by atoms with Crippen molar-refractivity contribution < 1.29 is 14.3 Å². The number of rotatable bonds is 6. The maximum atomic E-state index is 12.7. The Morgan fingerprint density at radius 1 is 1.30 bits per heavy atom. The second-order valence-corrected chi connectivity index (χ2v) is 6.46. The van der Waals surface area contributed by atoms with Gasteiger partial charge in [-0.3, -0.25) is 14.2 Å². The molecule has 1 aliphatic rings. The summed E-state index contributed by atoms with van der Waals surface area (Å²) in [6, 6.07) is 3.40. The van der Waals surface area contributed by atoms with Gasteiger partial charge < -0.3 is 20.1 Å². The molecular weight excluding hydrogens is 372 g/mol. The van der Waals surface area contributed by atoms with Crippen molar-refractivity contribution in [1.29, 1.82) is 0 Å². The fraction of sp³-hybridized carbons (Fsp3) is 0.500. The minimum Gasteiger partial charge on any atom is -0.493 e. The van der Waals surface area contributed by atoms with Gasteiger partial charge in [-0.2, -0.15) is 0 Å². The van der Waals surface area contributed by atoms with E-state index in [-0.39, 0.29) is 29.9 Å². The number of halogens is 1. The Morgan fingerprint density at radius 2 is 2.00 bits per heavy atom. The first-order valence-corrected chi connectivity index (χ1v) is 8.68. The van der Waals surface area contributed by atoms with E-state index in [1.807, 2.05) is 0 Å². The Hall–Kier alpha value is -2.32. The molecule has 0 aliphatic carbocycles. The van der Waals surface area contributed by atoms with Gasteiger partial charge in [0.2, 0.25) is 5.91 Å². The number of aryl methyl sites for hydroxylation is 1. The number of methoxy groups -OCH3 is 2. The fourth-order valence-corrected chi connectivity index (χ4v) is 3.22. The standard InChI is InChI=1S/C18H24N4O4.ClH/c1-25-15-8-13-14(9-16(15)26-2)20-11-22(18(13)24)6-3-4-17(23)21-7-5-12(19)10-21;/h8-9,11-12H,3-7,10,19H2,1-2H3;1H/t12-;/m1./s1. The van der Waals surface area contributed by atoms with Crippen molar-refractivity contribution in [3.63, 3.8) is 0 Å². The van der Waals surface area contributed by atoms with E-state index in [2.05, 4.69) is 4.98 Å². The van der Waals surface area contributed by atoms with E-state index in [0.29, 0.717) is 48.3 Å². The van der Waals surface area contributed by atoms with E-state index in [1.54, 1.807) is 17.0 Å². The van der Waals surface area contributed by atoms with Crippen LogP contribution >= 0.6 is 12.4 Å². The van der Waals surface area contributed by atoms with Gasteiger partial charge in [-0.1, -0.05) is 0 Å². The maximum Gasteiger partial charge on any atom is 0.261 e. The maximum absolute atomic E-state index is 12.7. The number of nitrogens with two attached hydrogens (primary N) is 1. The lowest BCUT2D eigenvalue weighted by Crippen LogP contribution is -2.32. The number of aromatic nitrogens is 2. The molecular formula is C18H25ClN4O4. The molecule has 8 nitrogen and oxygen atoms in total. The third-order valence-corrected chi connectivity index (χ3v) is 4.70. The number of carbonyl (C=O) groups excluding carboxylic acids is 1. The van der Waals surface area contributed by atoms with Crippen LogP contribution in [0.3, 0.4) is 0 Å². The fourth-order valence-electron chi connectivity index (χ4n) is 3.22. The van der Waals surface area contributed by atoms with Crippen molar-refractivity contribution in [1.82, 2.24) is 14.5 Å². The second kappa shape index (κ2) is 9.05. The molecule has 2 aromatic rings. The molecule has 1 atom stereocenters. The Morgan fingerprint density at radius 3 is 2.63 bits per heavy atom. The number of ether oxygens (including phenoxy) is 2. The first kappa shape index (κ1) is 21.0. The van der Waals surface area contributed by atoms with Crippen molar-refractivity contribution in [3.8, 4) is 11.5 Å². The number of nitrogens with zero attached hydrogens (tertiary/aromatic N) is 3. The summed E-state index contributed by atoms with van der Waals surface area (Å²) in [4.78, 5) is 31.0. The van der Waals surface area contributed by atoms with Gasteiger partial charge in [-0.25, -0.2) is 4.98 Å². The van der Waals surface area contributed by atoms with E-state index in [4.69, 9.17) is 15.2 Å². The monoisotopic (exact) mass is 396 g/mol. The van der Waals surface area contributed by atoms with Crippen LogP contribution in [0.25, 0.3) is 10.9 Å². The zero-order valence-corrected chi connectivity index (χ0v) is 16.3. The van der Waals surface area contributed by atoms with Gasteiger partial charge >= 0.3 is 0 Å². The molecule has 2 heterocycles. The average molecular weight is 397 g/mol. The summed E-state index contributed by atoms with van der Waals surface area (Å²) in [6.45, 7) is 1.78. The van der Waals surface area contributed by atoms with Crippen molar-refractivity contribution in [3.05, 3.63) is 28.8 Å². The molecule has 9 heteroatoms. The van der Waals surface area contributed by atoms with Crippen LogP contribution in [-0.2, 0) is 11.3 Å². The summed E-state index contributed by atoms with van der Waals surface area (Å²) in [6.07, 6.45) is 3.33.